The second-order valence-electron chi connectivity index (χ2n) is 6.09. The molecule has 0 saturated carbocycles. The SMILES string of the molecule is CN(C)C(=O)c1ccc(NC(=O)C2COc3ccccc3C2)cc1. The van der Waals surface area contributed by atoms with Gasteiger partial charge in [-0.15, -0.1) is 0 Å². The van der Waals surface area contributed by atoms with E-state index in [2.05, 4.69) is 5.32 Å². The van der Waals surface area contributed by atoms with Crippen molar-refractivity contribution in [2.45, 2.75) is 6.42 Å². The Kier molecular flexibility index (Phi) is 4.51. The lowest BCUT2D eigenvalue weighted by molar-refractivity contribution is -0.121. The van der Waals surface area contributed by atoms with Crippen LogP contribution in [0.25, 0.3) is 0 Å². The maximum absolute atomic E-state index is 12.4. The summed E-state index contributed by atoms with van der Waals surface area (Å²) < 4.78 is 5.66. The molecule has 0 radical (unpaired) electrons. The van der Waals surface area contributed by atoms with E-state index >= 15 is 0 Å². The van der Waals surface area contributed by atoms with E-state index in [9.17, 15) is 9.59 Å². The number of amides is 2. The van der Waals surface area contributed by atoms with Gasteiger partial charge in [0.05, 0.1) is 5.92 Å². The lowest BCUT2D eigenvalue weighted by Crippen LogP contribution is -2.32. The Balaban J connectivity index is 1.64. The number of carbonyl (C=O) groups excluding carboxylic acids is 2. The molecule has 0 bridgehead atoms. The van der Waals surface area contributed by atoms with Gasteiger partial charge in [-0.05, 0) is 42.3 Å². The maximum Gasteiger partial charge on any atom is 0.253 e. The number of hydrogen-bond donors (Lipinski definition) is 1. The van der Waals surface area contributed by atoms with E-state index in [1.54, 1.807) is 38.4 Å². The lowest BCUT2D eigenvalue weighted by Gasteiger charge is -2.24. The van der Waals surface area contributed by atoms with Gasteiger partial charge in [-0.1, -0.05) is 18.2 Å². The van der Waals surface area contributed by atoms with Crippen LogP contribution in [0.15, 0.2) is 48.5 Å². The first-order valence-electron chi connectivity index (χ1n) is 7.88. The third-order valence-electron chi connectivity index (χ3n) is 4.06. The van der Waals surface area contributed by atoms with Crippen LogP contribution in [0.2, 0.25) is 0 Å². The highest BCUT2D eigenvalue weighted by atomic mass is 16.5. The minimum atomic E-state index is -0.219. The molecule has 0 saturated heterocycles. The Bertz CT molecular complexity index is 753. The summed E-state index contributed by atoms with van der Waals surface area (Å²) in [5, 5.41) is 2.89. The first kappa shape index (κ1) is 16.1. The van der Waals surface area contributed by atoms with Crippen molar-refractivity contribution in [3.05, 3.63) is 59.7 Å². The largest absolute Gasteiger partial charge is 0.492 e. The van der Waals surface area contributed by atoms with Crippen LogP contribution in [0.5, 0.6) is 5.75 Å². The van der Waals surface area contributed by atoms with Crippen LogP contribution in [0.3, 0.4) is 0 Å². The number of rotatable bonds is 3. The number of hydrogen-bond acceptors (Lipinski definition) is 3. The number of benzene rings is 2. The van der Waals surface area contributed by atoms with Gasteiger partial charge in [0.1, 0.15) is 12.4 Å². The van der Waals surface area contributed by atoms with E-state index in [1.165, 1.54) is 4.90 Å². The first-order valence-corrected chi connectivity index (χ1v) is 7.88. The molecule has 24 heavy (non-hydrogen) atoms. The van der Waals surface area contributed by atoms with Crippen molar-refractivity contribution in [1.29, 1.82) is 0 Å². The number of fused-ring (bicyclic) bond motifs is 1. The average Bonchev–Trinajstić information content (AvgIpc) is 2.61. The fraction of sp³-hybridized carbons (Fsp3) is 0.263. The van der Waals surface area contributed by atoms with Crippen molar-refractivity contribution in [2.24, 2.45) is 5.92 Å². The monoisotopic (exact) mass is 324 g/mol. The van der Waals surface area contributed by atoms with E-state index < -0.39 is 0 Å². The van der Waals surface area contributed by atoms with Gasteiger partial charge in [-0.2, -0.15) is 0 Å². The molecule has 124 valence electrons. The number of ether oxygens (including phenoxy) is 1. The molecule has 1 aliphatic heterocycles. The summed E-state index contributed by atoms with van der Waals surface area (Å²) in [5.41, 5.74) is 2.32. The van der Waals surface area contributed by atoms with Crippen LogP contribution >= 0.6 is 0 Å². The zero-order valence-electron chi connectivity index (χ0n) is 13.8. The van der Waals surface area contributed by atoms with Gasteiger partial charge in [0.25, 0.3) is 5.91 Å². The van der Waals surface area contributed by atoms with Crippen molar-refractivity contribution in [3.63, 3.8) is 0 Å². The van der Waals surface area contributed by atoms with Gasteiger partial charge in [0.15, 0.2) is 0 Å². The molecule has 5 heteroatoms. The van der Waals surface area contributed by atoms with Gasteiger partial charge in [0, 0.05) is 25.3 Å². The van der Waals surface area contributed by atoms with Gasteiger partial charge < -0.3 is 15.0 Å². The molecule has 2 amide bonds. The molecule has 0 aliphatic carbocycles. The Morgan fingerprint density at radius 2 is 1.79 bits per heavy atom. The number of carbonyl (C=O) groups is 2. The Morgan fingerprint density at radius 3 is 2.50 bits per heavy atom. The molecule has 5 nitrogen and oxygen atoms in total. The molecule has 0 fully saturated rings. The van der Waals surface area contributed by atoms with Crippen molar-refractivity contribution < 1.29 is 14.3 Å². The van der Waals surface area contributed by atoms with Crippen LogP contribution < -0.4 is 10.1 Å². The summed E-state index contributed by atoms with van der Waals surface area (Å²) in [6, 6.07) is 14.7. The molecule has 0 spiro atoms. The predicted molar refractivity (Wildman–Crippen MR) is 92.2 cm³/mol. The summed E-state index contributed by atoms with van der Waals surface area (Å²) in [6.07, 6.45) is 0.666. The molecule has 1 atom stereocenters. The molecule has 2 aromatic carbocycles. The zero-order chi connectivity index (χ0) is 17.1. The van der Waals surface area contributed by atoms with E-state index in [-0.39, 0.29) is 17.7 Å². The quantitative estimate of drug-likeness (QED) is 0.944. The van der Waals surface area contributed by atoms with Crippen molar-refractivity contribution in [2.75, 3.05) is 26.0 Å². The molecule has 2 aromatic rings. The Labute approximate surface area is 141 Å². The fourth-order valence-corrected chi connectivity index (χ4v) is 2.70. The van der Waals surface area contributed by atoms with Crippen LogP contribution in [-0.2, 0) is 11.2 Å². The van der Waals surface area contributed by atoms with E-state index in [1.807, 2.05) is 24.3 Å². The van der Waals surface area contributed by atoms with Crippen LogP contribution in [0.4, 0.5) is 5.69 Å². The van der Waals surface area contributed by atoms with E-state index in [0.29, 0.717) is 24.3 Å². The topological polar surface area (TPSA) is 58.6 Å². The molecule has 1 aliphatic rings. The zero-order valence-corrected chi connectivity index (χ0v) is 13.8. The molecule has 1 N–H and O–H groups in total. The van der Waals surface area contributed by atoms with Crippen molar-refractivity contribution in [3.8, 4) is 5.75 Å². The molecule has 1 heterocycles. The highest BCUT2D eigenvalue weighted by Crippen LogP contribution is 2.27. The normalized spacial score (nSPS) is 15.8. The second kappa shape index (κ2) is 6.74. The first-order chi connectivity index (χ1) is 11.5. The minimum absolute atomic E-state index is 0.0647. The van der Waals surface area contributed by atoms with Gasteiger partial charge in [0.2, 0.25) is 5.91 Å². The van der Waals surface area contributed by atoms with Crippen molar-refractivity contribution in [1.82, 2.24) is 4.90 Å². The van der Waals surface area contributed by atoms with Crippen LogP contribution in [0, 0.1) is 5.92 Å². The average molecular weight is 324 g/mol. The minimum Gasteiger partial charge on any atom is -0.492 e. The lowest BCUT2D eigenvalue weighted by atomic mass is 9.96. The highest BCUT2D eigenvalue weighted by Gasteiger charge is 2.25. The predicted octanol–water partition coefficient (Wildman–Crippen LogP) is 2.58. The molecule has 1 unspecified atom stereocenters. The smallest absolute Gasteiger partial charge is 0.253 e. The van der Waals surface area contributed by atoms with Crippen LogP contribution in [0.1, 0.15) is 15.9 Å². The summed E-state index contributed by atoms with van der Waals surface area (Å²) in [5.74, 6) is 0.498. The van der Waals surface area contributed by atoms with E-state index in [4.69, 9.17) is 4.74 Å². The standard InChI is InChI=1S/C19H20N2O3/c1-21(2)19(23)13-7-9-16(10-8-13)20-18(22)15-11-14-5-3-4-6-17(14)24-12-15/h3-10,15H,11-12H2,1-2H3,(H,20,22). The molecular formula is C19H20N2O3. The summed E-state index contributed by atoms with van der Waals surface area (Å²) >= 11 is 0. The third kappa shape index (κ3) is 3.40. The summed E-state index contributed by atoms with van der Waals surface area (Å²) in [4.78, 5) is 25.8. The van der Waals surface area contributed by atoms with E-state index in [0.717, 1.165) is 11.3 Å². The van der Waals surface area contributed by atoms with Gasteiger partial charge >= 0.3 is 0 Å². The van der Waals surface area contributed by atoms with Crippen molar-refractivity contribution >= 4 is 17.5 Å². The summed E-state index contributed by atoms with van der Waals surface area (Å²) in [7, 11) is 3.41. The second-order valence-corrected chi connectivity index (χ2v) is 6.09. The number of nitrogens with one attached hydrogen (secondary N) is 1. The van der Waals surface area contributed by atoms with Crippen LogP contribution in [-0.4, -0.2) is 37.4 Å². The highest BCUT2D eigenvalue weighted by molar-refractivity contribution is 5.96. The Hall–Kier alpha value is -2.82. The Morgan fingerprint density at radius 1 is 1.08 bits per heavy atom. The van der Waals surface area contributed by atoms with Gasteiger partial charge in [-0.3, -0.25) is 9.59 Å². The third-order valence-corrected chi connectivity index (χ3v) is 4.06. The van der Waals surface area contributed by atoms with Gasteiger partial charge in [-0.25, -0.2) is 0 Å². The maximum atomic E-state index is 12.4. The molecular weight excluding hydrogens is 304 g/mol. The fourth-order valence-electron chi connectivity index (χ4n) is 2.70. The number of anilines is 1. The summed E-state index contributed by atoms with van der Waals surface area (Å²) in [6.45, 7) is 0.375. The number of para-hydroxylation sites is 1. The number of nitrogens with zero attached hydrogens (tertiary/aromatic N) is 1. The molecule has 0 aromatic heterocycles. The molecule has 3 rings (SSSR count).